The summed E-state index contributed by atoms with van der Waals surface area (Å²) >= 11 is 0. The first-order valence-corrected chi connectivity index (χ1v) is 7.17. The van der Waals surface area contributed by atoms with E-state index in [0.29, 0.717) is 0 Å². The molecule has 3 heteroatoms. The maximum absolute atomic E-state index is 4.47. The van der Waals surface area contributed by atoms with Crippen molar-refractivity contribution in [3.05, 3.63) is 41.3 Å². The third kappa shape index (κ3) is 2.71. The first-order chi connectivity index (χ1) is 9.36. The van der Waals surface area contributed by atoms with Gasteiger partial charge in [0.05, 0.1) is 11.9 Å². The van der Waals surface area contributed by atoms with Crippen LogP contribution in [0.1, 0.15) is 29.8 Å². The Balaban J connectivity index is 1.75. The van der Waals surface area contributed by atoms with Gasteiger partial charge in [0, 0.05) is 6.42 Å². The highest BCUT2D eigenvalue weighted by atomic mass is 14.9. The lowest BCUT2D eigenvalue weighted by atomic mass is 10.0. The summed E-state index contributed by atoms with van der Waals surface area (Å²) in [6.07, 6.45) is 7.86. The van der Waals surface area contributed by atoms with Crippen LogP contribution in [0.25, 0.3) is 11.3 Å². The molecular formula is C16H21N3. The van der Waals surface area contributed by atoms with Gasteiger partial charge < -0.3 is 10.3 Å². The van der Waals surface area contributed by atoms with Gasteiger partial charge in [0.25, 0.3) is 0 Å². The summed E-state index contributed by atoms with van der Waals surface area (Å²) in [5.41, 5.74) is 5.46. The second kappa shape index (κ2) is 5.57. The van der Waals surface area contributed by atoms with Gasteiger partial charge in [0.2, 0.25) is 0 Å². The van der Waals surface area contributed by atoms with Crippen LogP contribution in [0.3, 0.4) is 0 Å². The standard InChI is InChI=1S/C16H21N3/c1-17-9-3-6-16-18-11-15(19-16)14-8-7-12-4-2-5-13(12)10-14/h7-8,10-11,17H,2-6,9H2,1H3,(H,18,19). The number of H-pyrrole nitrogens is 1. The number of rotatable bonds is 5. The van der Waals surface area contributed by atoms with E-state index >= 15 is 0 Å². The lowest BCUT2D eigenvalue weighted by Crippen LogP contribution is -2.08. The average molecular weight is 255 g/mol. The Hall–Kier alpha value is -1.61. The molecular weight excluding hydrogens is 234 g/mol. The van der Waals surface area contributed by atoms with E-state index in [2.05, 4.69) is 33.5 Å². The highest BCUT2D eigenvalue weighted by Gasteiger charge is 2.12. The number of nitrogens with zero attached hydrogens (tertiary/aromatic N) is 1. The van der Waals surface area contributed by atoms with E-state index in [-0.39, 0.29) is 0 Å². The third-order valence-electron chi connectivity index (χ3n) is 3.88. The molecule has 0 saturated carbocycles. The topological polar surface area (TPSA) is 40.7 Å². The maximum Gasteiger partial charge on any atom is 0.106 e. The molecule has 0 aliphatic heterocycles. The van der Waals surface area contributed by atoms with Gasteiger partial charge in [-0.25, -0.2) is 4.98 Å². The lowest BCUT2D eigenvalue weighted by molar-refractivity contribution is 0.707. The summed E-state index contributed by atoms with van der Waals surface area (Å²) in [5, 5.41) is 3.16. The molecule has 1 heterocycles. The van der Waals surface area contributed by atoms with Crippen molar-refractivity contribution in [1.29, 1.82) is 0 Å². The van der Waals surface area contributed by atoms with Crippen LogP contribution in [0.5, 0.6) is 0 Å². The largest absolute Gasteiger partial charge is 0.342 e. The molecule has 0 bridgehead atoms. The number of hydrogen-bond acceptors (Lipinski definition) is 2. The third-order valence-corrected chi connectivity index (χ3v) is 3.88. The van der Waals surface area contributed by atoms with E-state index in [1.54, 1.807) is 0 Å². The summed E-state index contributed by atoms with van der Waals surface area (Å²) in [7, 11) is 1.98. The molecule has 2 aromatic rings. The maximum atomic E-state index is 4.47. The van der Waals surface area contributed by atoms with Gasteiger partial charge in [-0.3, -0.25) is 0 Å². The fraction of sp³-hybridized carbons (Fsp3) is 0.438. The smallest absolute Gasteiger partial charge is 0.106 e. The van der Waals surface area contributed by atoms with Gasteiger partial charge in [-0.05, 0) is 62.0 Å². The Morgan fingerprint density at radius 1 is 1.26 bits per heavy atom. The normalized spacial score (nSPS) is 13.7. The molecule has 0 fully saturated rings. The van der Waals surface area contributed by atoms with Crippen molar-refractivity contribution in [2.24, 2.45) is 0 Å². The van der Waals surface area contributed by atoms with Crippen LogP contribution >= 0.6 is 0 Å². The van der Waals surface area contributed by atoms with Crippen LogP contribution in [0.4, 0.5) is 0 Å². The number of hydrogen-bond donors (Lipinski definition) is 2. The SMILES string of the molecule is CNCCCc1ncc(-c2ccc3c(c2)CCC3)[nH]1. The summed E-state index contributed by atoms with van der Waals surface area (Å²) in [6, 6.07) is 6.82. The Bertz CT molecular complexity index is 557. The lowest BCUT2D eigenvalue weighted by Gasteiger charge is -2.02. The van der Waals surface area contributed by atoms with Crippen LogP contribution in [-0.2, 0) is 19.3 Å². The Labute approximate surface area is 114 Å². The number of aryl methyl sites for hydroxylation is 3. The Morgan fingerprint density at radius 2 is 2.16 bits per heavy atom. The monoisotopic (exact) mass is 255 g/mol. The molecule has 1 aromatic carbocycles. The fourth-order valence-electron chi connectivity index (χ4n) is 2.81. The van der Waals surface area contributed by atoms with Crippen molar-refractivity contribution < 1.29 is 0 Å². The van der Waals surface area contributed by atoms with E-state index in [9.17, 15) is 0 Å². The zero-order valence-corrected chi connectivity index (χ0v) is 11.5. The molecule has 1 aromatic heterocycles. The molecule has 3 rings (SSSR count). The van der Waals surface area contributed by atoms with Crippen molar-refractivity contribution in [1.82, 2.24) is 15.3 Å². The van der Waals surface area contributed by atoms with Crippen LogP contribution in [0.15, 0.2) is 24.4 Å². The molecule has 2 N–H and O–H groups in total. The molecule has 1 aliphatic carbocycles. The van der Waals surface area contributed by atoms with Gasteiger partial charge >= 0.3 is 0 Å². The van der Waals surface area contributed by atoms with Crippen molar-refractivity contribution in [2.75, 3.05) is 13.6 Å². The number of aromatic amines is 1. The molecule has 0 atom stereocenters. The molecule has 0 amide bonds. The summed E-state index contributed by atoms with van der Waals surface area (Å²) in [4.78, 5) is 7.92. The summed E-state index contributed by atoms with van der Waals surface area (Å²) < 4.78 is 0. The van der Waals surface area contributed by atoms with Crippen LogP contribution in [0.2, 0.25) is 0 Å². The van der Waals surface area contributed by atoms with Crippen molar-refractivity contribution >= 4 is 0 Å². The molecule has 0 radical (unpaired) electrons. The average Bonchev–Trinajstić information content (AvgIpc) is 3.06. The van der Waals surface area contributed by atoms with Crippen LogP contribution in [-0.4, -0.2) is 23.6 Å². The molecule has 1 aliphatic rings. The van der Waals surface area contributed by atoms with E-state index < -0.39 is 0 Å². The summed E-state index contributed by atoms with van der Waals surface area (Å²) in [6.45, 7) is 1.04. The van der Waals surface area contributed by atoms with Gasteiger partial charge in [0.1, 0.15) is 5.82 Å². The van der Waals surface area contributed by atoms with E-state index in [1.807, 2.05) is 13.2 Å². The molecule has 0 spiro atoms. The Morgan fingerprint density at radius 3 is 3.05 bits per heavy atom. The Kier molecular flexibility index (Phi) is 3.65. The fourth-order valence-corrected chi connectivity index (χ4v) is 2.81. The zero-order valence-electron chi connectivity index (χ0n) is 11.5. The second-order valence-electron chi connectivity index (χ2n) is 5.29. The van der Waals surface area contributed by atoms with Gasteiger partial charge in [-0.15, -0.1) is 0 Å². The minimum atomic E-state index is 1.01. The first kappa shape index (κ1) is 12.4. The minimum Gasteiger partial charge on any atom is -0.342 e. The zero-order chi connectivity index (χ0) is 13.1. The molecule has 100 valence electrons. The van der Waals surface area contributed by atoms with E-state index in [0.717, 1.165) is 30.9 Å². The molecule has 3 nitrogen and oxygen atoms in total. The van der Waals surface area contributed by atoms with Crippen molar-refractivity contribution in [2.45, 2.75) is 32.1 Å². The molecule has 19 heavy (non-hydrogen) atoms. The summed E-state index contributed by atoms with van der Waals surface area (Å²) in [5.74, 6) is 1.09. The van der Waals surface area contributed by atoms with E-state index in [1.165, 1.54) is 36.0 Å². The predicted molar refractivity (Wildman–Crippen MR) is 78.3 cm³/mol. The number of imidazole rings is 1. The van der Waals surface area contributed by atoms with Crippen LogP contribution < -0.4 is 5.32 Å². The molecule has 0 unspecified atom stereocenters. The van der Waals surface area contributed by atoms with Gasteiger partial charge in [-0.1, -0.05) is 12.1 Å². The highest BCUT2D eigenvalue weighted by molar-refractivity contribution is 5.61. The van der Waals surface area contributed by atoms with Crippen molar-refractivity contribution in [3.63, 3.8) is 0 Å². The van der Waals surface area contributed by atoms with Gasteiger partial charge in [0.15, 0.2) is 0 Å². The first-order valence-electron chi connectivity index (χ1n) is 7.17. The predicted octanol–water partition coefficient (Wildman–Crippen LogP) is 2.72. The molecule has 0 saturated heterocycles. The number of benzene rings is 1. The van der Waals surface area contributed by atoms with Gasteiger partial charge in [-0.2, -0.15) is 0 Å². The minimum absolute atomic E-state index is 1.01. The second-order valence-corrected chi connectivity index (χ2v) is 5.29. The number of nitrogens with one attached hydrogen (secondary N) is 2. The van der Waals surface area contributed by atoms with Crippen LogP contribution in [0, 0.1) is 0 Å². The number of aromatic nitrogens is 2. The quantitative estimate of drug-likeness (QED) is 0.807. The van der Waals surface area contributed by atoms with E-state index in [4.69, 9.17) is 0 Å². The number of fused-ring (bicyclic) bond motifs is 1. The van der Waals surface area contributed by atoms with Crippen molar-refractivity contribution in [3.8, 4) is 11.3 Å². The highest BCUT2D eigenvalue weighted by Crippen LogP contribution is 2.27.